The highest BCUT2D eigenvalue weighted by Crippen LogP contribution is 2.43. The van der Waals surface area contributed by atoms with Crippen LogP contribution >= 0.6 is 11.3 Å². The van der Waals surface area contributed by atoms with Gasteiger partial charge in [0.1, 0.15) is 10.8 Å². The Morgan fingerprint density at radius 1 is 1.19 bits per heavy atom. The summed E-state index contributed by atoms with van der Waals surface area (Å²) >= 11 is 1.93. The lowest BCUT2D eigenvalue weighted by atomic mass is 9.94. The number of benzene rings is 1. The molecule has 1 aromatic carbocycles. The molecule has 6 heteroatoms. The third-order valence-corrected chi connectivity index (χ3v) is 8.03. The van der Waals surface area contributed by atoms with Crippen molar-refractivity contribution >= 4 is 17.4 Å². The Kier molecular flexibility index (Phi) is 5.72. The van der Waals surface area contributed by atoms with Crippen molar-refractivity contribution in [3.8, 4) is 10.8 Å². The fourth-order valence-electron chi connectivity index (χ4n) is 5.18. The fourth-order valence-corrected chi connectivity index (χ4v) is 6.59. The highest BCUT2D eigenvalue weighted by molar-refractivity contribution is 7.15. The highest BCUT2D eigenvalue weighted by Gasteiger charge is 2.36. The number of amides is 2. The van der Waals surface area contributed by atoms with E-state index in [0.717, 1.165) is 17.7 Å². The number of aromatic nitrogens is 1. The van der Waals surface area contributed by atoms with Gasteiger partial charge in [0.05, 0.1) is 19.7 Å². The van der Waals surface area contributed by atoms with Crippen molar-refractivity contribution < 1.29 is 9.53 Å². The van der Waals surface area contributed by atoms with Gasteiger partial charge in [-0.25, -0.2) is 4.79 Å². The highest BCUT2D eigenvalue weighted by atomic mass is 32.1. The van der Waals surface area contributed by atoms with Crippen LogP contribution in [-0.4, -0.2) is 22.6 Å². The van der Waals surface area contributed by atoms with Gasteiger partial charge in [0.15, 0.2) is 0 Å². The molecule has 0 fully saturated rings. The summed E-state index contributed by atoms with van der Waals surface area (Å²) in [6.45, 7) is 5.56. The van der Waals surface area contributed by atoms with Gasteiger partial charge in [-0.1, -0.05) is 26.0 Å². The first-order valence-corrected chi connectivity index (χ1v) is 12.4. The van der Waals surface area contributed by atoms with Crippen LogP contribution in [0.3, 0.4) is 0 Å². The standard InChI is InChI=1S/C26H31N3O2S/c1-17(2)24-22-11-7-13-28(22)25-21(20-10-4-5-12-23(20)32-25)16-29(24)26(30)27-15-18-8-6-9-19(14-18)31-3/h6-9,11,13-14,17,24H,4-5,10,12,15-16H2,1-3H3,(H,27,30)/t24-/m1/s1. The summed E-state index contributed by atoms with van der Waals surface area (Å²) in [7, 11) is 1.66. The second-order valence-electron chi connectivity index (χ2n) is 9.12. The molecule has 5 rings (SSSR count). The normalized spacial score (nSPS) is 17.4. The van der Waals surface area contributed by atoms with E-state index >= 15 is 0 Å². The Labute approximate surface area is 194 Å². The Bertz CT molecular complexity index is 1130. The minimum Gasteiger partial charge on any atom is -0.497 e. The molecule has 168 valence electrons. The SMILES string of the molecule is COc1cccc(CNC(=O)N2Cc3c(sc4c3CCCC4)-n3cccc3[C@H]2C(C)C)c1. The molecular weight excluding hydrogens is 418 g/mol. The van der Waals surface area contributed by atoms with Crippen LogP contribution in [0.1, 0.15) is 60.0 Å². The summed E-state index contributed by atoms with van der Waals surface area (Å²) in [5.41, 5.74) is 5.08. The summed E-state index contributed by atoms with van der Waals surface area (Å²) in [6, 6.07) is 12.2. The van der Waals surface area contributed by atoms with E-state index in [2.05, 4.69) is 47.0 Å². The predicted octanol–water partition coefficient (Wildman–Crippen LogP) is 5.85. The number of aryl methyl sites for hydroxylation is 1. The first kappa shape index (κ1) is 21.1. The van der Waals surface area contributed by atoms with Gasteiger partial charge in [-0.3, -0.25) is 0 Å². The lowest BCUT2D eigenvalue weighted by Gasteiger charge is -2.33. The lowest BCUT2D eigenvalue weighted by Crippen LogP contribution is -2.43. The van der Waals surface area contributed by atoms with Gasteiger partial charge in [-0.05, 0) is 67.0 Å². The first-order chi connectivity index (χ1) is 15.6. The van der Waals surface area contributed by atoms with Crippen molar-refractivity contribution in [2.45, 2.75) is 58.7 Å². The summed E-state index contributed by atoms with van der Waals surface area (Å²) < 4.78 is 7.68. The molecule has 1 atom stereocenters. The number of ether oxygens (including phenoxy) is 1. The molecule has 2 aliphatic rings. The van der Waals surface area contributed by atoms with Gasteiger partial charge in [-0.2, -0.15) is 0 Å². The maximum absolute atomic E-state index is 13.6. The van der Waals surface area contributed by atoms with Gasteiger partial charge in [0.2, 0.25) is 0 Å². The minimum absolute atomic E-state index is 0.0112. The summed E-state index contributed by atoms with van der Waals surface area (Å²) in [5, 5.41) is 4.50. The van der Waals surface area contributed by atoms with Crippen molar-refractivity contribution in [3.63, 3.8) is 0 Å². The van der Waals surface area contributed by atoms with E-state index in [4.69, 9.17) is 4.74 Å². The average Bonchev–Trinajstić information content (AvgIpc) is 3.39. The third-order valence-electron chi connectivity index (χ3n) is 6.70. The Morgan fingerprint density at radius 2 is 2.03 bits per heavy atom. The number of nitrogens with zero attached hydrogens (tertiary/aromatic N) is 2. The minimum atomic E-state index is -0.0112. The number of hydrogen-bond donors (Lipinski definition) is 1. The van der Waals surface area contributed by atoms with Gasteiger partial charge in [0.25, 0.3) is 0 Å². The zero-order chi connectivity index (χ0) is 22.2. The Morgan fingerprint density at radius 3 is 2.84 bits per heavy atom. The number of rotatable bonds is 4. The lowest BCUT2D eigenvalue weighted by molar-refractivity contribution is 0.149. The van der Waals surface area contributed by atoms with E-state index in [9.17, 15) is 4.79 Å². The molecule has 0 radical (unpaired) electrons. The van der Waals surface area contributed by atoms with Crippen molar-refractivity contribution in [2.75, 3.05) is 7.11 Å². The average molecular weight is 450 g/mol. The van der Waals surface area contributed by atoms with Crippen LogP contribution in [0.2, 0.25) is 0 Å². The molecule has 1 N–H and O–H groups in total. The number of urea groups is 1. The fraction of sp³-hybridized carbons (Fsp3) is 0.423. The molecule has 0 spiro atoms. The Hall–Kier alpha value is -2.73. The van der Waals surface area contributed by atoms with Crippen molar-refractivity contribution in [3.05, 3.63) is 69.9 Å². The molecule has 2 amide bonds. The first-order valence-electron chi connectivity index (χ1n) is 11.5. The molecule has 3 heterocycles. The second-order valence-corrected chi connectivity index (χ2v) is 10.2. The number of nitrogens with one attached hydrogen (secondary N) is 1. The van der Waals surface area contributed by atoms with E-state index in [1.54, 1.807) is 7.11 Å². The van der Waals surface area contributed by atoms with E-state index < -0.39 is 0 Å². The van der Waals surface area contributed by atoms with Crippen LogP contribution in [0.25, 0.3) is 5.00 Å². The molecule has 3 aromatic rings. The Balaban J connectivity index is 1.49. The van der Waals surface area contributed by atoms with Crippen LogP contribution in [0.5, 0.6) is 5.75 Å². The third kappa shape index (κ3) is 3.71. The summed E-state index contributed by atoms with van der Waals surface area (Å²) in [4.78, 5) is 17.2. The molecule has 5 nitrogen and oxygen atoms in total. The molecular formula is C26H31N3O2S. The monoisotopic (exact) mass is 449 g/mol. The zero-order valence-corrected chi connectivity index (χ0v) is 19.9. The molecule has 0 saturated heterocycles. The molecule has 0 unspecified atom stereocenters. The van der Waals surface area contributed by atoms with E-state index in [-0.39, 0.29) is 12.1 Å². The van der Waals surface area contributed by atoms with Crippen LogP contribution in [0.15, 0.2) is 42.6 Å². The van der Waals surface area contributed by atoms with Crippen LogP contribution in [0.4, 0.5) is 4.79 Å². The van der Waals surface area contributed by atoms with E-state index in [1.807, 2.05) is 35.6 Å². The van der Waals surface area contributed by atoms with E-state index in [1.165, 1.54) is 46.0 Å². The van der Waals surface area contributed by atoms with E-state index in [0.29, 0.717) is 19.0 Å². The molecule has 32 heavy (non-hydrogen) atoms. The number of methoxy groups -OCH3 is 1. The number of thiophene rings is 1. The second kappa shape index (κ2) is 8.66. The number of carbonyl (C=O) groups excluding carboxylic acids is 1. The quantitative estimate of drug-likeness (QED) is 0.543. The van der Waals surface area contributed by atoms with Crippen molar-refractivity contribution in [1.82, 2.24) is 14.8 Å². The van der Waals surface area contributed by atoms with Gasteiger partial charge < -0.3 is 19.5 Å². The largest absolute Gasteiger partial charge is 0.497 e. The van der Waals surface area contributed by atoms with Gasteiger partial charge in [0, 0.05) is 28.9 Å². The van der Waals surface area contributed by atoms with Gasteiger partial charge >= 0.3 is 6.03 Å². The molecule has 1 aliphatic heterocycles. The smallest absolute Gasteiger partial charge is 0.318 e. The number of hydrogen-bond acceptors (Lipinski definition) is 3. The van der Waals surface area contributed by atoms with Crippen molar-refractivity contribution in [1.29, 1.82) is 0 Å². The van der Waals surface area contributed by atoms with Crippen LogP contribution < -0.4 is 10.1 Å². The number of carbonyl (C=O) groups is 1. The molecule has 0 bridgehead atoms. The molecule has 1 aliphatic carbocycles. The van der Waals surface area contributed by atoms with Crippen LogP contribution in [0, 0.1) is 5.92 Å². The zero-order valence-electron chi connectivity index (χ0n) is 19.1. The number of fused-ring (bicyclic) bond motifs is 5. The van der Waals surface area contributed by atoms with Crippen molar-refractivity contribution in [2.24, 2.45) is 5.92 Å². The topological polar surface area (TPSA) is 46.5 Å². The van der Waals surface area contributed by atoms with Gasteiger partial charge in [-0.15, -0.1) is 11.3 Å². The summed E-state index contributed by atoms with van der Waals surface area (Å²) in [6.07, 6.45) is 6.97. The summed E-state index contributed by atoms with van der Waals surface area (Å²) in [5.74, 6) is 1.11. The molecule has 2 aromatic heterocycles. The predicted molar refractivity (Wildman–Crippen MR) is 129 cm³/mol. The van der Waals surface area contributed by atoms with Crippen LogP contribution in [-0.2, 0) is 25.9 Å². The maximum atomic E-state index is 13.6. The maximum Gasteiger partial charge on any atom is 0.318 e. The molecule has 0 saturated carbocycles.